The molecule has 2 rings (SSSR count). The Kier molecular flexibility index (Phi) is 8.34. The van der Waals surface area contributed by atoms with Crippen LogP contribution in [0.2, 0.25) is 0 Å². The number of benzene rings is 1. The van der Waals surface area contributed by atoms with Crippen LogP contribution in [-0.4, -0.2) is 25.1 Å². The minimum Gasteiger partial charge on any atom is -0.357 e. The molecule has 1 aromatic rings. The Hall–Kier alpha value is -1.11. The van der Waals surface area contributed by atoms with Gasteiger partial charge >= 0.3 is 0 Å². The molecule has 21 heavy (non-hydrogen) atoms. The molecule has 3 nitrogen and oxygen atoms in total. The molecule has 5 heteroatoms. The van der Waals surface area contributed by atoms with Crippen LogP contribution in [0, 0.1) is 5.82 Å². The van der Waals surface area contributed by atoms with E-state index < -0.39 is 0 Å². The lowest BCUT2D eigenvalue weighted by molar-refractivity contribution is 0.626. The molecule has 0 amide bonds. The van der Waals surface area contributed by atoms with Crippen molar-refractivity contribution in [1.82, 2.24) is 10.6 Å². The van der Waals surface area contributed by atoms with Gasteiger partial charge in [0.25, 0.3) is 0 Å². The Morgan fingerprint density at radius 2 is 1.90 bits per heavy atom. The maximum absolute atomic E-state index is 12.8. The van der Waals surface area contributed by atoms with Crippen LogP contribution in [-0.2, 0) is 6.42 Å². The van der Waals surface area contributed by atoms with Crippen LogP contribution in [0.1, 0.15) is 25.3 Å². The predicted octanol–water partition coefficient (Wildman–Crippen LogP) is 3.26. The van der Waals surface area contributed by atoms with Crippen LogP contribution in [0.3, 0.4) is 0 Å². The fourth-order valence-electron chi connectivity index (χ4n) is 2.20. The summed E-state index contributed by atoms with van der Waals surface area (Å²) in [4.78, 5) is 4.57. The van der Waals surface area contributed by atoms with Crippen LogP contribution < -0.4 is 10.6 Å². The van der Waals surface area contributed by atoms with Gasteiger partial charge in [0, 0.05) is 19.1 Å². The van der Waals surface area contributed by atoms with Gasteiger partial charge in [-0.2, -0.15) is 0 Å². The molecule has 0 bridgehead atoms. The highest BCUT2D eigenvalue weighted by Crippen LogP contribution is 2.08. The van der Waals surface area contributed by atoms with E-state index in [2.05, 4.69) is 34.7 Å². The molecular formula is C16H23FIN3. The molecule has 0 saturated heterocycles. The first kappa shape index (κ1) is 17.9. The van der Waals surface area contributed by atoms with Crippen LogP contribution >= 0.6 is 24.0 Å². The largest absolute Gasteiger partial charge is 0.357 e. The summed E-state index contributed by atoms with van der Waals surface area (Å²) in [7, 11) is 0. The topological polar surface area (TPSA) is 36.4 Å². The number of hydrogen-bond acceptors (Lipinski definition) is 1. The Labute approximate surface area is 143 Å². The van der Waals surface area contributed by atoms with Crippen molar-refractivity contribution < 1.29 is 4.39 Å². The number of rotatable bonds is 5. The van der Waals surface area contributed by atoms with Crippen molar-refractivity contribution in [2.45, 2.75) is 32.2 Å². The summed E-state index contributed by atoms with van der Waals surface area (Å²) in [5.74, 6) is 0.671. The zero-order chi connectivity index (χ0) is 14.2. The smallest absolute Gasteiger partial charge is 0.191 e. The molecule has 1 aliphatic carbocycles. The van der Waals surface area contributed by atoms with E-state index in [0.29, 0.717) is 12.6 Å². The molecule has 116 valence electrons. The average molecular weight is 403 g/mol. The van der Waals surface area contributed by atoms with Gasteiger partial charge in [-0.25, -0.2) is 4.39 Å². The predicted molar refractivity (Wildman–Crippen MR) is 96.8 cm³/mol. The molecule has 1 aromatic carbocycles. The first-order chi connectivity index (χ1) is 9.78. The lowest BCUT2D eigenvalue weighted by Gasteiger charge is -2.16. The van der Waals surface area contributed by atoms with Gasteiger partial charge < -0.3 is 10.6 Å². The first-order valence-corrected chi connectivity index (χ1v) is 7.22. The maximum Gasteiger partial charge on any atom is 0.191 e. The maximum atomic E-state index is 12.8. The van der Waals surface area contributed by atoms with E-state index in [1.54, 1.807) is 0 Å². The van der Waals surface area contributed by atoms with Crippen molar-refractivity contribution in [1.29, 1.82) is 0 Å². The molecule has 0 radical (unpaired) electrons. The summed E-state index contributed by atoms with van der Waals surface area (Å²) >= 11 is 0. The Bertz CT molecular complexity index is 463. The van der Waals surface area contributed by atoms with Gasteiger partial charge in [0.1, 0.15) is 5.82 Å². The van der Waals surface area contributed by atoms with Gasteiger partial charge in [-0.15, -0.1) is 24.0 Å². The zero-order valence-corrected chi connectivity index (χ0v) is 14.6. The highest BCUT2D eigenvalue weighted by Gasteiger charge is 2.11. The van der Waals surface area contributed by atoms with E-state index in [-0.39, 0.29) is 29.8 Å². The fraction of sp³-hybridized carbons (Fsp3) is 0.438. The SMILES string of the molecule is CCNC(=NCCc1ccc(F)cc1)NC1CC=CC1.I. The van der Waals surface area contributed by atoms with E-state index in [0.717, 1.165) is 37.3 Å². The number of guanidine groups is 1. The summed E-state index contributed by atoms with van der Waals surface area (Å²) in [6.07, 6.45) is 7.32. The summed E-state index contributed by atoms with van der Waals surface area (Å²) < 4.78 is 12.8. The molecule has 2 N–H and O–H groups in total. The molecule has 1 aliphatic rings. The molecule has 0 saturated carbocycles. The van der Waals surface area contributed by atoms with Crippen LogP contribution in [0.5, 0.6) is 0 Å². The molecule has 0 fully saturated rings. The van der Waals surface area contributed by atoms with Crippen LogP contribution in [0.4, 0.5) is 4.39 Å². The van der Waals surface area contributed by atoms with Crippen molar-refractivity contribution >= 4 is 29.9 Å². The average Bonchev–Trinajstić information content (AvgIpc) is 2.94. The lowest BCUT2D eigenvalue weighted by atomic mass is 10.1. The minimum atomic E-state index is -0.194. The lowest BCUT2D eigenvalue weighted by Crippen LogP contribution is -2.42. The van der Waals surface area contributed by atoms with E-state index >= 15 is 0 Å². The molecule has 0 spiro atoms. The van der Waals surface area contributed by atoms with E-state index in [4.69, 9.17) is 0 Å². The number of halogens is 2. The molecule has 0 aromatic heterocycles. The van der Waals surface area contributed by atoms with Crippen molar-refractivity contribution in [3.63, 3.8) is 0 Å². The van der Waals surface area contributed by atoms with Gasteiger partial charge in [0.2, 0.25) is 0 Å². The zero-order valence-electron chi connectivity index (χ0n) is 12.3. The van der Waals surface area contributed by atoms with Gasteiger partial charge in [0.15, 0.2) is 5.96 Å². The van der Waals surface area contributed by atoms with Gasteiger partial charge in [0.05, 0.1) is 0 Å². The molecule has 0 aliphatic heterocycles. The number of nitrogens with zero attached hydrogens (tertiary/aromatic N) is 1. The van der Waals surface area contributed by atoms with Crippen LogP contribution in [0.15, 0.2) is 41.4 Å². The van der Waals surface area contributed by atoms with Crippen LogP contribution in [0.25, 0.3) is 0 Å². The summed E-state index contributed by atoms with van der Waals surface area (Å²) in [5, 5.41) is 6.68. The van der Waals surface area contributed by atoms with Crippen molar-refractivity contribution in [3.8, 4) is 0 Å². The quantitative estimate of drug-likeness (QED) is 0.343. The highest BCUT2D eigenvalue weighted by molar-refractivity contribution is 14.0. The highest BCUT2D eigenvalue weighted by atomic mass is 127. The van der Waals surface area contributed by atoms with Gasteiger partial charge in [-0.05, 0) is 43.9 Å². The summed E-state index contributed by atoms with van der Waals surface area (Å²) in [6.45, 7) is 3.60. The Morgan fingerprint density at radius 3 is 2.52 bits per heavy atom. The van der Waals surface area contributed by atoms with E-state index in [9.17, 15) is 4.39 Å². The van der Waals surface area contributed by atoms with Crippen molar-refractivity contribution in [2.24, 2.45) is 4.99 Å². The molecule has 0 heterocycles. The minimum absolute atomic E-state index is 0. The molecule has 0 unspecified atom stereocenters. The van der Waals surface area contributed by atoms with Crippen molar-refractivity contribution in [3.05, 3.63) is 47.8 Å². The Morgan fingerprint density at radius 1 is 1.24 bits per heavy atom. The number of nitrogens with one attached hydrogen (secondary N) is 2. The second-order valence-electron chi connectivity index (χ2n) is 4.92. The van der Waals surface area contributed by atoms with E-state index in [1.165, 1.54) is 12.1 Å². The van der Waals surface area contributed by atoms with E-state index in [1.807, 2.05) is 12.1 Å². The third-order valence-electron chi connectivity index (χ3n) is 3.28. The molecule has 0 atom stereocenters. The third kappa shape index (κ3) is 6.46. The number of hydrogen-bond donors (Lipinski definition) is 2. The summed E-state index contributed by atoms with van der Waals surface area (Å²) in [5.41, 5.74) is 1.11. The fourth-order valence-corrected chi connectivity index (χ4v) is 2.20. The molecular weight excluding hydrogens is 380 g/mol. The standard InChI is InChI=1S/C16H22FN3.HI/c1-2-18-16(20-15-5-3-4-6-15)19-12-11-13-7-9-14(17)10-8-13;/h3-4,7-10,15H,2,5-6,11-12H2,1H3,(H2,18,19,20);1H. The second-order valence-corrected chi connectivity index (χ2v) is 4.92. The summed E-state index contributed by atoms with van der Waals surface area (Å²) in [6, 6.07) is 7.07. The number of aliphatic imine (C=N–C) groups is 1. The normalized spacial score (nSPS) is 14.9. The van der Waals surface area contributed by atoms with Gasteiger partial charge in [-0.3, -0.25) is 4.99 Å². The Balaban J connectivity index is 0.00000220. The monoisotopic (exact) mass is 403 g/mol. The first-order valence-electron chi connectivity index (χ1n) is 7.22. The third-order valence-corrected chi connectivity index (χ3v) is 3.28. The van der Waals surface area contributed by atoms with Crippen molar-refractivity contribution in [2.75, 3.05) is 13.1 Å². The second kappa shape index (κ2) is 9.76. The van der Waals surface area contributed by atoms with Gasteiger partial charge in [-0.1, -0.05) is 24.3 Å².